The molecule has 0 saturated heterocycles. The van der Waals surface area contributed by atoms with Gasteiger partial charge in [0.15, 0.2) is 0 Å². The van der Waals surface area contributed by atoms with Gasteiger partial charge in [-0.3, -0.25) is 4.79 Å². The van der Waals surface area contributed by atoms with Crippen LogP contribution in [0, 0.1) is 6.92 Å². The van der Waals surface area contributed by atoms with Crippen LogP contribution >= 0.6 is 15.9 Å². The van der Waals surface area contributed by atoms with E-state index in [2.05, 4.69) is 47.1 Å². The van der Waals surface area contributed by atoms with Crippen LogP contribution in [-0.4, -0.2) is 15.9 Å². The summed E-state index contributed by atoms with van der Waals surface area (Å²) in [7, 11) is 0. The van der Waals surface area contributed by atoms with E-state index in [0.717, 1.165) is 12.8 Å². The molecule has 0 spiro atoms. The molecule has 1 N–H and O–H groups in total. The predicted molar refractivity (Wildman–Crippen MR) is 64.5 cm³/mol. The van der Waals surface area contributed by atoms with Gasteiger partial charge in [-0.1, -0.05) is 45.8 Å². The molecule has 0 saturated carbocycles. The topological polar surface area (TPSA) is 37.3 Å². The van der Waals surface area contributed by atoms with Crippen molar-refractivity contribution in [3.05, 3.63) is 35.4 Å². The number of carbonyl (C=O) groups is 1. The third-order valence-electron chi connectivity index (χ3n) is 2.26. The zero-order valence-electron chi connectivity index (χ0n) is 8.74. The van der Waals surface area contributed by atoms with Crippen molar-refractivity contribution < 1.29 is 9.90 Å². The van der Waals surface area contributed by atoms with E-state index in [0.29, 0.717) is 0 Å². The van der Waals surface area contributed by atoms with Gasteiger partial charge in [0.2, 0.25) is 0 Å². The van der Waals surface area contributed by atoms with Crippen molar-refractivity contribution in [3.8, 4) is 0 Å². The Morgan fingerprint density at radius 2 is 2.00 bits per heavy atom. The quantitative estimate of drug-likeness (QED) is 0.835. The van der Waals surface area contributed by atoms with E-state index in [1.54, 1.807) is 0 Å². The lowest BCUT2D eigenvalue weighted by molar-refractivity contribution is -0.136. The Labute approximate surface area is 98.4 Å². The predicted octanol–water partition coefficient (Wildman–Crippen LogP) is 3.17. The lowest BCUT2D eigenvalue weighted by Crippen LogP contribution is -2.07. The van der Waals surface area contributed by atoms with Gasteiger partial charge in [-0.15, -0.1) is 0 Å². The highest BCUT2D eigenvalue weighted by atomic mass is 79.9. The van der Waals surface area contributed by atoms with Gasteiger partial charge in [-0.2, -0.15) is 0 Å². The minimum absolute atomic E-state index is 0.0660. The second-order valence-corrected chi connectivity index (χ2v) is 5.01. The van der Waals surface area contributed by atoms with Gasteiger partial charge in [0.1, 0.15) is 0 Å². The summed E-state index contributed by atoms with van der Waals surface area (Å²) in [5, 5.41) is 8.59. The Morgan fingerprint density at radius 1 is 1.40 bits per heavy atom. The van der Waals surface area contributed by atoms with Gasteiger partial charge < -0.3 is 5.11 Å². The van der Waals surface area contributed by atoms with Crippen molar-refractivity contribution in [1.82, 2.24) is 0 Å². The van der Waals surface area contributed by atoms with Gasteiger partial charge in [0, 0.05) is 4.83 Å². The summed E-state index contributed by atoms with van der Waals surface area (Å²) in [6, 6.07) is 8.34. The molecular weight excluding hydrogens is 256 g/mol. The van der Waals surface area contributed by atoms with E-state index < -0.39 is 5.97 Å². The summed E-state index contributed by atoms with van der Waals surface area (Å²) < 4.78 is 0. The molecule has 0 amide bonds. The summed E-state index contributed by atoms with van der Waals surface area (Å²) >= 11 is 3.37. The molecular formula is C12H15BrO2. The number of rotatable bonds is 5. The first-order valence-corrected chi connectivity index (χ1v) is 5.91. The fourth-order valence-electron chi connectivity index (χ4n) is 1.37. The molecule has 0 aliphatic heterocycles. The fraction of sp³-hybridized carbons (Fsp3) is 0.417. The highest BCUT2D eigenvalue weighted by Crippen LogP contribution is 2.14. The number of carboxylic acids is 1. The molecule has 0 aromatic heterocycles. The second kappa shape index (κ2) is 5.91. The van der Waals surface area contributed by atoms with Gasteiger partial charge in [-0.25, -0.2) is 0 Å². The Hall–Kier alpha value is -0.830. The van der Waals surface area contributed by atoms with Crippen molar-refractivity contribution in [3.63, 3.8) is 0 Å². The van der Waals surface area contributed by atoms with Gasteiger partial charge in [0.25, 0.3) is 0 Å². The lowest BCUT2D eigenvalue weighted by atomic mass is 10.1. The van der Waals surface area contributed by atoms with E-state index in [-0.39, 0.29) is 11.2 Å². The average Bonchev–Trinajstić information content (AvgIpc) is 2.16. The third-order valence-corrected chi connectivity index (χ3v) is 3.04. The number of carboxylic acid groups (broad SMARTS) is 1. The van der Waals surface area contributed by atoms with Crippen LogP contribution in [0.4, 0.5) is 0 Å². The van der Waals surface area contributed by atoms with Crippen LogP contribution in [0.2, 0.25) is 0 Å². The largest absolute Gasteiger partial charge is 0.481 e. The Morgan fingerprint density at radius 3 is 2.53 bits per heavy atom. The molecule has 1 atom stereocenters. The lowest BCUT2D eigenvalue weighted by Gasteiger charge is -2.06. The number of aliphatic carboxylic acids is 1. The summed E-state index contributed by atoms with van der Waals surface area (Å²) in [5.41, 5.74) is 2.51. The first-order chi connectivity index (χ1) is 7.08. The number of hydrogen-bond donors (Lipinski definition) is 1. The van der Waals surface area contributed by atoms with Crippen LogP contribution in [0.25, 0.3) is 0 Å². The number of alkyl halides is 1. The number of aryl methyl sites for hydroxylation is 2. The zero-order chi connectivity index (χ0) is 11.3. The average molecular weight is 271 g/mol. The maximum atomic E-state index is 10.4. The molecule has 0 fully saturated rings. The molecule has 1 aromatic carbocycles. The maximum Gasteiger partial charge on any atom is 0.304 e. The molecule has 0 aliphatic carbocycles. The highest BCUT2D eigenvalue weighted by Gasteiger charge is 2.08. The van der Waals surface area contributed by atoms with Crippen LogP contribution in [0.3, 0.4) is 0 Å². The minimum Gasteiger partial charge on any atom is -0.481 e. The Bertz CT molecular complexity index is 319. The monoisotopic (exact) mass is 270 g/mol. The van der Waals surface area contributed by atoms with Crippen LogP contribution in [-0.2, 0) is 11.2 Å². The van der Waals surface area contributed by atoms with Crippen LogP contribution in [0.5, 0.6) is 0 Å². The molecule has 0 bridgehead atoms. The third kappa shape index (κ3) is 4.98. The van der Waals surface area contributed by atoms with Crippen molar-refractivity contribution >= 4 is 21.9 Å². The minimum atomic E-state index is -0.749. The summed E-state index contributed by atoms with van der Waals surface area (Å²) in [4.78, 5) is 10.5. The second-order valence-electron chi connectivity index (χ2n) is 3.72. The van der Waals surface area contributed by atoms with E-state index in [1.165, 1.54) is 11.1 Å². The molecule has 0 aliphatic rings. The smallest absolute Gasteiger partial charge is 0.304 e. The van der Waals surface area contributed by atoms with E-state index in [4.69, 9.17) is 5.11 Å². The van der Waals surface area contributed by atoms with Crippen LogP contribution in [0.1, 0.15) is 24.0 Å². The normalized spacial score (nSPS) is 12.4. The van der Waals surface area contributed by atoms with Gasteiger partial charge in [-0.05, 0) is 25.3 Å². The van der Waals surface area contributed by atoms with E-state index >= 15 is 0 Å². The molecule has 1 unspecified atom stereocenters. The number of halogens is 1. The molecule has 82 valence electrons. The summed E-state index contributed by atoms with van der Waals surface area (Å²) in [6.45, 7) is 2.06. The maximum absolute atomic E-state index is 10.4. The fourth-order valence-corrected chi connectivity index (χ4v) is 1.88. The summed E-state index contributed by atoms with van der Waals surface area (Å²) in [6.07, 6.45) is 1.96. The first kappa shape index (κ1) is 12.2. The van der Waals surface area contributed by atoms with E-state index in [1.807, 2.05) is 0 Å². The molecule has 15 heavy (non-hydrogen) atoms. The molecule has 3 heteroatoms. The van der Waals surface area contributed by atoms with Gasteiger partial charge >= 0.3 is 5.97 Å². The molecule has 1 rings (SSSR count). The first-order valence-electron chi connectivity index (χ1n) is 4.99. The highest BCUT2D eigenvalue weighted by molar-refractivity contribution is 9.09. The molecule has 1 aromatic rings. The van der Waals surface area contributed by atoms with Crippen LogP contribution in [0.15, 0.2) is 24.3 Å². The standard InChI is InChI=1S/C12H15BrO2/c1-9-2-4-10(5-3-9)6-7-11(13)8-12(14)15/h2-5,11H,6-8H2,1H3,(H,14,15). The number of hydrogen-bond acceptors (Lipinski definition) is 1. The van der Waals surface area contributed by atoms with Gasteiger partial charge in [0.05, 0.1) is 6.42 Å². The van der Waals surface area contributed by atoms with Crippen LogP contribution < -0.4 is 0 Å². The van der Waals surface area contributed by atoms with Crippen molar-refractivity contribution in [2.75, 3.05) is 0 Å². The Balaban J connectivity index is 2.36. The zero-order valence-corrected chi connectivity index (χ0v) is 10.3. The summed E-state index contributed by atoms with van der Waals surface area (Å²) in [5.74, 6) is -0.749. The van der Waals surface area contributed by atoms with Crippen molar-refractivity contribution in [2.45, 2.75) is 31.0 Å². The molecule has 0 heterocycles. The van der Waals surface area contributed by atoms with Crippen molar-refractivity contribution in [1.29, 1.82) is 0 Å². The molecule has 0 radical (unpaired) electrons. The number of benzene rings is 1. The van der Waals surface area contributed by atoms with E-state index in [9.17, 15) is 4.79 Å². The van der Waals surface area contributed by atoms with Crippen molar-refractivity contribution in [2.24, 2.45) is 0 Å². The molecule has 2 nitrogen and oxygen atoms in total. The Kier molecular flexibility index (Phi) is 4.82. The SMILES string of the molecule is Cc1ccc(CCC(Br)CC(=O)O)cc1.